The summed E-state index contributed by atoms with van der Waals surface area (Å²) in [4.78, 5) is 4.16. The topological polar surface area (TPSA) is 51.6 Å². The summed E-state index contributed by atoms with van der Waals surface area (Å²) in [7, 11) is 3.26. The zero-order chi connectivity index (χ0) is 14.4. The molecule has 4 heteroatoms. The highest BCUT2D eigenvalue weighted by molar-refractivity contribution is 5.40. The average molecular weight is 273 g/mol. The molecule has 0 radical (unpaired) electrons. The van der Waals surface area contributed by atoms with E-state index in [2.05, 4.69) is 4.98 Å². The van der Waals surface area contributed by atoms with Crippen LogP contribution in [0.1, 0.15) is 23.8 Å². The number of aromatic nitrogens is 1. The molecule has 0 saturated carbocycles. The Morgan fingerprint density at radius 2 is 2.00 bits per heavy atom. The molecule has 0 spiro atoms. The van der Waals surface area contributed by atoms with Crippen LogP contribution in [0.5, 0.6) is 11.5 Å². The van der Waals surface area contributed by atoms with Gasteiger partial charge < -0.3 is 14.6 Å². The van der Waals surface area contributed by atoms with Gasteiger partial charge in [-0.15, -0.1) is 0 Å². The number of hydrogen-bond donors (Lipinski definition) is 1. The number of pyridine rings is 1. The van der Waals surface area contributed by atoms with E-state index >= 15 is 0 Å². The molecule has 1 aromatic heterocycles. The van der Waals surface area contributed by atoms with Crippen molar-refractivity contribution >= 4 is 0 Å². The van der Waals surface area contributed by atoms with Crippen molar-refractivity contribution in [3.8, 4) is 11.5 Å². The van der Waals surface area contributed by atoms with E-state index in [-0.39, 0.29) is 0 Å². The van der Waals surface area contributed by atoms with E-state index in [0.717, 1.165) is 17.1 Å². The summed E-state index contributed by atoms with van der Waals surface area (Å²) < 4.78 is 10.5. The zero-order valence-electron chi connectivity index (χ0n) is 11.7. The van der Waals surface area contributed by atoms with E-state index in [1.165, 1.54) is 0 Å². The van der Waals surface area contributed by atoms with Gasteiger partial charge in [0.25, 0.3) is 0 Å². The molecular weight excluding hydrogens is 254 g/mol. The fourth-order valence-electron chi connectivity index (χ4n) is 2.07. The number of rotatable bonds is 6. The minimum absolute atomic E-state index is 0.567. The molecule has 1 N–H and O–H groups in total. The van der Waals surface area contributed by atoms with E-state index in [1.54, 1.807) is 20.4 Å². The Balaban J connectivity index is 2.03. The molecule has 20 heavy (non-hydrogen) atoms. The molecule has 1 aromatic carbocycles. The molecule has 0 unspecified atom stereocenters. The van der Waals surface area contributed by atoms with Gasteiger partial charge in [-0.1, -0.05) is 12.1 Å². The first-order chi connectivity index (χ1) is 9.74. The third-order valence-corrected chi connectivity index (χ3v) is 3.21. The maximum Gasteiger partial charge on any atom is 0.125 e. The predicted octanol–water partition coefficient (Wildman–Crippen LogP) is 2.77. The van der Waals surface area contributed by atoms with Crippen LogP contribution >= 0.6 is 0 Å². The van der Waals surface area contributed by atoms with E-state index in [1.807, 2.05) is 36.4 Å². The zero-order valence-corrected chi connectivity index (χ0v) is 11.7. The minimum atomic E-state index is -0.567. The molecule has 106 valence electrons. The standard InChI is InChI=1S/C16H19NO3/c1-19-13-8-6-12(16(11-13)20-2)7-9-15(18)14-5-3-4-10-17-14/h3-6,8,10-11,15,18H,7,9H2,1-2H3/t15-/m0/s1. The lowest BCUT2D eigenvalue weighted by Crippen LogP contribution is -2.02. The van der Waals surface area contributed by atoms with Gasteiger partial charge in [-0.3, -0.25) is 4.98 Å². The number of aliphatic hydroxyl groups is 1. The van der Waals surface area contributed by atoms with Gasteiger partial charge in [0.1, 0.15) is 11.5 Å². The van der Waals surface area contributed by atoms with Gasteiger partial charge >= 0.3 is 0 Å². The molecule has 1 atom stereocenters. The molecule has 0 bridgehead atoms. The predicted molar refractivity (Wildman–Crippen MR) is 77.1 cm³/mol. The van der Waals surface area contributed by atoms with E-state index < -0.39 is 6.10 Å². The third kappa shape index (κ3) is 3.48. The SMILES string of the molecule is COc1ccc(CC[C@H](O)c2ccccn2)c(OC)c1. The highest BCUT2D eigenvalue weighted by Crippen LogP contribution is 2.27. The van der Waals surface area contributed by atoms with Crippen LogP contribution in [-0.4, -0.2) is 24.3 Å². The van der Waals surface area contributed by atoms with Crippen molar-refractivity contribution in [1.82, 2.24) is 4.98 Å². The van der Waals surface area contributed by atoms with Gasteiger partial charge in [0.05, 0.1) is 26.0 Å². The van der Waals surface area contributed by atoms with Gasteiger partial charge in [0, 0.05) is 12.3 Å². The number of hydrogen-bond acceptors (Lipinski definition) is 4. The van der Waals surface area contributed by atoms with Crippen molar-refractivity contribution in [2.45, 2.75) is 18.9 Å². The summed E-state index contributed by atoms with van der Waals surface area (Å²) in [6.07, 6.45) is 2.43. The molecule has 0 saturated heterocycles. The summed E-state index contributed by atoms with van der Waals surface area (Å²) in [6.45, 7) is 0. The van der Waals surface area contributed by atoms with Gasteiger partial charge in [-0.2, -0.15) is 0 Å². The summed E-state index contributed by atoms with van der Waals surface area (Å²) >= 11 is 0. The second-order valence-corrected chi connectivity index (χ2v) is 4.49. The lowest BCUT2D eigenvalue weighted by Gasteiger charge is -2.13. The number of ether oxygens (including phenoxy) is 2. The summed E-state index contributed by atoms with van der Waals surface area (Å²) in [6, 6.07) is 11.2. The second kappa shape index (κ2) is 6.91. The Morgan fingerprint density at radius 1 is 1.15 bits per heavy atom. The first kappa shape index (κ1) is 14.3. The molecule has 0 aliphatic carbocycles. The monoisotopic (exact) mass is 273 g/mol. The molecule has 0 aliphatic heterocycles. The maximum atomic E-state index is 10.1. The van der Waals surface area contributed by atoms with Gasteiger partial charge in [0.2, 0.25) is 0 Å². The van der Waals surface area contributed by atoms with Crippen molar-refractivity contribution in [2.75, 3.05) is 14.2 Å². The lowest BCUT2D eigenvalue weighted by molar-refractivity contribution is 0.163. The van der Waals surface area contributed by atoms with Crippen molar-refractivity contribution in [1.29, 1.82) is 0 Å². The summed E-state index contributed by atoms with van der Waals surface area (Å²) in [5, 5.41) is 10.1. The van der Waals surface area contributed by atoms with Crippen LogP contribution in [0.25, 0.3) is 0 Å². The van der Waals surface area contributed by atoms with Crippen LogP contribution in [0.2, 0.25) is 0 Å². The van der Waals surface area contributed by atoms with Crippen molar-refractivity contribution in [2.24, 2.45) is 0 Å². The highest BCUT2D eigenvalue weighted by atomic mass is 16.5. The van der Waals surface area contributed by atoms with E-state index in [4.69, 9.17) is 9.47 Å². The van der Waals surface area contributed by atoms with Crippen molar-refractivity contribution in [3.63, 3.8) is 0 Å². The summed E-state index contributed by atoms with van der Waals surface area (Å²) in [5.74, 6) is 1.54. The number of nitrogens with zero attached hydrogens (tertiary/aromatic N) is 1. The first-order valence-electron chi connectivity index (χ1n) is 6.54. The quantitative estimate of drug-likeness (QED) is 0.879. The Morgan fingerprint density at radius 3 is 2.65 bits per heavy atom. The molecule has 0 aliphatic rings. The normalized spacial score (nSPS) is 11.9. The van der Waals surface area contributed by atoms with E-state index in [9.17, 15) is 5.11 Å². The Labute approximate surface area is 119 Å². The lowest BCUT2D eigenvalue weighted by atomic mass is 10.0. The number of methoxy groups -OCH3 is 2. The van der Waals surface area contributed by atoms with Crippen LogP contribution in [0.15, 0.2) is 42.6 Å². The minimum Gasteiger partial charge on any atom is -0.497 e. The molecule has 0 amide bonds. The van der Waals surface area contributed by atoms with Crippen molar-refractivity contribution < 1.29 is 14.6 Å². The second-order valence-electron chi connectivity index (χ2n) is 4.49. The van der Waals surface area contributed by atoms with Crippen LogP contribution in [0, 0.1) is 0 Å². The Hall–Kier alpha value is -2.07. The summed E-state index contributed by atoms with van der Waals surface area (Å²) in [5.41, 5.74) is 1.74. The molecule has 1 heterocycles. The molecule has 0 fully saturated rings. The molecular formula is C16H19NO3. The fraction of sp³-hybridized carbons (Fsp3) is 0.312. The third-order valence-electron chi connectivity index (χ3n) is 3.21. The average Bonchev–Trinajstić information content (AvgIpc) is 2.53. The van der Waals surface area contributed by atoms with Gasteiger partial charge in [-0.25, -0.2) is 0 Å². The maximum absolute atomic E-state index is 10.1. The fourth-order valence-corrected chi connectivity index (χ4v) is 2.07. The Bertz CT molecular complexity index is 543. The smallest absolute Gasteiger partial charge is 0.125 e. The van der Waals surface area contributed by atoms with Crippen LogP contribution in [0.3, 0.4) is 0 Å². The largest absolute Gasteiger partial charge is 0.497 e. The molecule has 4 nitrogen and oxygen atoms in total. The number of aliphatic hydroxyl groups excluding tert-OH is 1. The van der Waals surface area contributed by atoms with Crippen molar-refractivity contribution in [3.05, 3.63) is 53.9 Å². The Kier molecular flexibility index (Phi) is 4.96. The van der Waals surface area contributed by atoms with E-state index in [0.29, 0.717) is 18.5 Å². The van der Waals surface area contributed by atoms with Crippen LogP contribution in [0.4, 0.5) is 0 Å². The molecule has 2 aromatic rings. The number of aryl methyl sites for hydroxylation is 1. The van der Waals surface area contributed by atoms with Crippen LogP contribution in [-0.2, 0) is 6.42 Å². The molecule has 2 rings (SSSR count). The van der Waals surface area contributed by atoms with Crippen LogP contribution < -0.4 is 9.47 Å². The van der Waals surface area contributed by atoms with Gasteiger partial charge in [0.15, 0.2) is 0 Å². The first-order valence-corrected chi connectivity index (χ1v) is 6.54. The van der Waals surface area contributed by atoms with Gasteiger partial charge in [-0.05, 0) is 36.6 Å². The highest BCUT2D eigenvalue weighted by Gasteiger charge is 2.11. The number of benzene rings is 1.